The molecule has 2 aliphatic rings. The maximum absolute atomic E-state index is 14.2. The molecule has 37 heavy (non-hydrogen) atoms. The maximum Gasteiger partial charge on any atom is 0.348 e. The summed E-state index contributed by atoms with van der Waals surface area (Å²) in [5.41, 5.74) is -0.0591. The first-order valence-corrected chi connectivity index (χ1v) is 13.9. The van der Waals surface area contributed by atoms with Crippen molar-refractivity contribution in [3.63, 3.8) is 0 Å². The molecule has 3 rings (SSSR count). The van der Waals surface area contributed by atoms with Gasteiger partial charge >= 0.3 is 5.97 Å². The fourth-order valence-corrected chi connectivity index (χ4v) is 5.60. The number of morpholine rings is 1. The Labute approximate surface area is 224 Å². The second-order valence-corrected chi connectivity index (χ2v) is 12.2. The van der Waals surface area contributed by atoms with Gasteiger partial charge in [-0.25, -0.2) is 4.79 Å². The van der Waals surface area contributed by atoms with Crippen LogP contribution in [0.1, 0.15) is 74.9 Å². The molecule has 2 fully saturated rings. The number of aromatic carboxylic acids is 1. The molecule has 8 nitrogen and oxygen atoms in total. The van der Waals surface area contributed by atoms with Crippen molar-refractivity contribution >= 4 is 34.8 Å². The van der Waals surface area contributed by atoms with Gasteiger partial charge in [0.2, 0.25) is 11.8 Å². The second kappa shape index (κ2) is 12.4. The first-order chi connectivity index (χ1) is 17.4. The molecule has 1 aliphatic carbocycles. The Bertz CT molecular complexity index is 1040. The van der Waals surface area contributed by atoms with Crippen molar-refractivity contribution in [3.05, 3.63) is 15.8 Å². The number of carboxylic acids is 1. The number of methoxy groups -OCH3 is 1. The molecule has 2 heterocycles. The fraction of sp³-hybridized carbons (Fsp3) is 0.679. The Morgan fingerprint density at radius 2 is 1.81 bits per heavy atom. The number of rotatable bonds is 7. The average molecular weight is 533 g/mol. The molecular formula is C28H40N2O6S. The van der Waals surface area contributed by atoms with Crippen LogP contribution >= 0.6 is 11.3 Å². The first-order valence-electron chi connectivity index (χ1n) is 13.1. The minimum atomic E-state index is -1.15. The van der Waals surface area contributed by atoms with Gasteiger partial charge in [0.1, 0.15) is 10.9 Å². The van der Waals surface area contributed by atoms with Crippen molar-refractivity contribution in [1.82, 2.24) is 4.90 Å². The van der Waals surface area contributed by atoms with Crippen LogP contribution in [0.2, 0.25) is 0 Å². The van der Waals surface area contributed by atoms with E-state index < -0.39 is 18.1 Å². The molecule has 1 aliphatic heterocycles. The third kappa shape index (κ3) is 7.34. The molecule has 0 aromatic carbocycles. The highest BCUT2D eigenvalue weighted by Crippen LogP contribution is 2.37. The third-order valence-electron chi connectivity index (χ3n) is 7.00. The Morgan fingerprint density at radius 3 is 2.35 bits per heavy atom. The lowest BCUT2D eigenvalue weighted by Crippen LogP contribution is -2.59. The van der Waals surface area contributed by atoms with Crippen molar-refractivity contribution in [2.75, 3.05) is 38.3 Å². The molecule has 0 unspecified atom stereocenters. The number of carboxylic acid groups (broad SMARTS) is 1. The van der Waals surface area contributed by atoms with E-state index in [-0.39, 0.29) is 33.7 Å². The number of thiophene rings is 1. The smallest absolute Gasteiger partial charge is 0.348 e. The molecule has 204 valence electrons. The van der Waals surface area contributed by atoms with Crippen LogP contribution in [0.5, 0.6) is 0 Å². The number of amides is 2. The Morgan fingerprint density at radius 1 is 1.19 bits per heavy atom. The van der Waals surface area contributed by atoms with Gasteiger partial charge in [-0.2, -0.15) is 0 Å². The van der Waals surface area contributed by atoms with Gasteiger partial charge in [0.25, 0.3) is 0 Å². The summed E-state index contributed by atoms with van der Waals surface area (Å²) >= 11 is 1.03. The maximum atomic E-state index is 14.2. The van der Waals surface area contributed by atoms with Gasteiger partial charge in [-0.05, 0) is 65.4 Å². The van der Waals surface area contributed by atoms with Crippen molar-refractivity contribution in [1.29, 1.82) is 0 Å². The predicted molar refractivity (Wildman–Crippen MR) is 144 cm³/mol. The highest BCUT2D eigenvalue weighted by molar-refractivity contribution is 7.15. The van der Waals surface area contributed by atoms with E-state index in [9.17, 15) is 19.5 Å². The van der Waals surface area contributed by atoms with E-state index in [1.807, 2.05) is 20.8 Å². The van der Waals surface area contributed by atoms with Gasteiger partial charge in [0, 0.05) is 31.5 Å². The van der Waals surface area contributed by atoms with E-state index in [1.165, 1.54) is 12.0 Å². The minimum absolute atomic E-state index is 0.00110. The average Bonchev–Trinajstić information content (AvgIpc) is 3.29. The third-order valence-corrected chi connectivity index (χ3v) is 8.03. The first kappa shape index (κ1) is 29.2. The molecule has 1 saturated carbocycles. The highest BCUT2D eigenvalue weighted by Gasteiger charge is 2.43. The summed E-state index contributed by atoms with van der Waals surface area (Å²) in [5, 5.41) is 10.1. The summed E-state index contributed by atoms with van der Waals surface area (Å²) < 4.78 is 11.1. The van der Waals surface area contributed by atoms with Crippen molar-refractivity contribution < 1.29 is 29.0 Å². The number of carbonyl (C=O) groups excluding carboxylic acids is 2. The summed E-state index contributed by atoms with van der Waals surface area (Å²) in [5.74, 6) is 4.83. The highest BCUT2D eigenvalue weighted by atomic mass is 32.1. The molecule has 2 amide bonds. The fourth-order valence-electron chi connectivity index (χ4n) is 4.75. The molecule has 1 aromatic rings. The normalized spacial score (nSPS) is 21.9. The van der Waals surface area contributed by atoms with Gasteiger partial charge in [-0.3, -0.25) is 14.5 Å². The summed E-state index contributed by atoms with van der Waals surface area (Å²) in [6.45, 7) is 11.5. The lowest BCUT2D eigenvalue weighted by Gasteiger charge is -2.40. The van der Waals surface area contributed by atoms with Crippen molar-refractivity contribution in [2.45, 2.75) is 72.4 Å². The van der Waals surface area contributed by atoms with E-state index >= 15 is 0 Å². The van der Waals surface area contributed by atoms with E-state index in [0.29, 0.717) is 49.9 Å². The SMILES string of the molecule is CO[C@H](C)[C@@H](C(=O)N1CCOCC1)N(C(=O)C1CCC(C)CC1)c1cc(C#CC(C)(C)C)sc1C(=O)O. The van der Waals surface area contributed by atoms with Gasteiger partial charge in [-0.1, -0.05) is 18.8 Å². The van der Waals surface area contributed by atoms with Crippen molar-refractivity contribution in [3.8, 4) is 11.8 Å². The zero-order valence-electron chi connectivity index (χ0n) is 22.8. The van der Waals surface area contributed by atoms with Gasteiger partial charge < -0.3 is 19.5 Å². The number of anilines is 1. The Balaban J connectivity index is 2.14. The topological polar surface area (TPSA) is 96.4 Å². The summed E-state index contributed by atoms with van der Waals surface area (Å²) in [6, 6.07) is 0.643. The molecular weight excluding hydrogens is 492 g/mol. The number of nitrogens with zero attached hydrogens (tertiary/aromatic N) is 2. The molecule has 0 bridgehead atoms. The zero-order valence-corrected chi connectivity index (χ0v) is 23.7. The summed E-state index contributed by atoms with van der Waals surface area (Å²) in [7, 11) is 1.50. The Kier molecular flexibility index (Phi) is 9.79. The van der Waals surface area contributed by atoms with Gasteiger partial charge in [0.15, 0.2) is 0 Å². The van der Waals surface area contributed by atoms with Crippen LogP contribution in [0, 0.1) is 29.1 Å². The molecule has 1 saturated heterocycles. The standard InChI is InChI=1S/C28H40N2O6S/c1-18-7-9-20(10-8-18)25(31)30(23(19(2)35-6)26(32)29-13-15-36-16-14-29)22-17-21(11-12-28(3,4)5)37-24(22)27(33)34/h17-20,23H,7-10,13-16H2,1-6H3,(H,33,34)/t18?,19-,20?,23+/m1/s1. The lowest BCUT2D eigenvalue weighted by molar-refractivity contribution is -0.142. The molecule has 1 N–H and O–H groups in total. The van der Waals surface area contributed by atoms with Crippen molar-refractivity contribution in [2.24, 2.45) is 17.3 Å². The van der Waals surface area contributed by atoms with Crippen LogP contribution in [0.4, 0.5) is 5.69 Å². The predicted octanol–water partition coefficient (Wildman–Crippen LogP) is 4.27. The van der Waals surface area contributed by atoms with Crippen LogP contribution in [-0.4, -0.2) is 73.3 Å². The minimum Gasteiger partial charge on any atom is -0.477 e. The number of ether oxygens (including phenoxy) is 2. The van der Waals surface area contributed by atoms with E-state index in [0.717, 1.165) is 24.2 Å². The number of hydrogen-bond acceptors (Lipinski definition) is 6. The van der Waals surface area contributed by atoms with Crippen LogP contribution < -0.4 is 4.90 Å². The van der Waals surface area contributed by atoms with Crippen LogP contribution in [-0.2, 0) is 19.1 Å². The lowest BCUT2D eigenvalue weighted by atomic mass is 9.82. The van der Waals surface area contributed by atoms with Gasteiger partial charge in [-0.15, -0.1) is 11.3 Å². The van der Waals surface area contributed by atoms with Gasteiger partial charge in [0.05, 0.1) is 29.9 Å². The van der Waals surface area contributed by atoms with E-state index in [4.69, 9.17) is 9.47 Å². The quantitative estimate of drug-likeness (QED) is 0.527. The Hall–Kier alpha value is -2.41. The van der Waals surface area contributed by atoms with E-state index in [2.05, 4.69) is 18.8 Å². The molecule has 2 atom stereocenters. The zero-order chi connectivity index (χ0) is 27.3. The number of hydrogen-bond donors (Lipinski definition) is 1. The molecule has 0 spiro atoms. The van der Waals surface area contributed by atoms with Crippen LogP contribution in [0.15, 0.2) is 6.07 Å². The summed E-state index contributed by atoms with van der Waals surface area (Å²) in [4.78, 5) is 44.2. The largest absolute Gasteiger partial charge is 0.477 e. The molecule has 0 radical (unpaired) electrons. The van der Waals surface area contributed by atoms with Crippen LogP contribution in [0.3, 0.4) is 0 Å². The van der Waals surface area contributed by atoms with E-state index in [1.54, 1.807) is 17.9 Å². The number of carbonyl (C=O) groups is 3. The van der Waals surface area contributed by atoms with Crippen LogP contribution in [0.25, 0.3) is 0 Å². The molecule has 1 aromatic heterocycles. The second-order valence-electron chi connectivity index (χ2n) is 11.1. The monoisotopic (exact) mass is 532 g/mol. The molecule has 9 heteroatoms. The summed E-state index contributed by atoms with van der Waals surface area (Å²) in [6.07, 6.45) is 2.60.